The molecule has 1 fully saturated rings. The molecule has 0 N–H and O–H groups in total. The Morgan fingerprint density at radius 1 is 1.28 bits per heavy atom. The molecule has 1 aliphatic heterocycles. The maximum Gasteiger partial charge on any atom is 0.410 e. The largest absolute Gasteiger partial charge is 0.467 e. The molecule has 0 bridgehead atoms. The van der Waals surface area contributed by atoms with Crippen molar-refractivity contribution in [3.8, 4) is 0 Å². The summed E-state index contributed by atoms with van der Waals surface area (Å²) in [6.07, 6.45) is -0.702. The Kier molecular flexibility index (Phi) is 6.30. The van der Waals surface area contributed by atoms with E-state index in [-0.39, 0.29) is 19.2 Å². The number of amides is 1. The zero-order valence-electron chi connectivity index (χ0n) is 15.0. The topological polar surface area (TPSA) is 65.1 Å². The number of benzene rings is 1. The average molecular weight is 370 g/mol. The molecular formula is C18H24ClNO5. The van der Waals surface area contributed by atoms with E-state index in [2.05, 4.69) is 0 Å². The number of carbonyl (C=O) groups is 2. The lowest BCUT2D eigenvalue weighted by Crippen LogP contribution is -2.56. The third-order valence-corrected chi connectivity index (χ3v) is 4.02. The molecule has 1 aromatic carbocycles. The third kappa shape index (κ3) is 5.61. The summed E-state index contributed by atoms with van der Waals surface area (Å²) in [5, 5.41) is 0.651. The van der Waals surface area contributed by atoms with E-state index in [0.29, 0.717) is 11.4 Å². The van der Waals surface area contributed by atoms with Gasteiger partial charge in [0.1, 0.15) is 5.60 Å². The minimum atomic E-state index is -0.806. The Morgan fingerprint density at radius 3 is 2.48 bits per heavy atom. The zero-order chi connectivity index (χ0) is 18.6. The van der Waals surface area contributed by atoms with Crippen LogP contribution < -0.4 is 0 Å². The first kappa shape index (κ1) is 19.5. The van der Waals surface area contributed by atoms with E-state index < -0.39 is 23.8 Å². The maximum atomic E-state index is 12.6. The molecule has 1 unspecified atom stereocenters. The smallest absolute Gasteiger partial charge is 0.410 e. The molecule has 0 aromatic heterocycles. The summed E-state index contributed by atoms with van der Waals surface area (Å²) >= 11 is 5.92. The predicted octanol–water partition coefficient (Wildman–Crippen LogP) is 3.06. The van der Waals surface area contributed by atoms with Crippen LogP contribution in [0.15, 0.2) is 24.3 Å². The van der Waals surface area contributed by atoms with Crippen LogP contribution >= 0.6 is 11.6 Å². The third-order valence-electron chi connectivity index (χ3n) is 3.77. The molecule has 0 aliphatic carbocycles. The van der Waals surface area contributed by atoms with Crippen LogP contribution in [0.25, 0.3) is 0 Å². The SMILES string of the molecule is COC(=O)C1CN(C(=O)OC(C)(C)C)[C@@H](Cc2ccc(Cl)cc2)CO1. The number of halogens is 1. The average Bonchev–Trinajstić information content (AvgIpc) is 2.55. The fourth-order valence-electron chi connectivity index (χ4n) is 2.58. The van der Waals surface area contributed by atoms with Crippen LogP contribution in [0.1, 0.15) is 26.3 Å². The van der Waals surface area contributed by atoms with Crippen LogP contribution in [0, 0.1) is 0 Å². The summed E-state index contributed by atoms with van der Waals surface area (Å²) in [7, 11) is 1.29. The van der Waals surface area contributed by atoms with Crippen molar-refractivity contribution in [2.75, 3.05) is 20.3 Å². The number of esters is 1. The van der Waals surface area contributed by atoms with Crippen LogP contribution in [-0.2, 0) is 25.4 Å². The molecule has 6 nitrogen and oxygen atoms in total. The van der Waals surface area contributed by atoms with Gasteiger partial charge in [0.05, 0.1) is 26.3 Å². The lowest BCUT2D eigenvalue weighted by molar-refractivity contribution is -0.162. The van der Waals surface area contributed by atoms with Crippen molar-refractivity contribution in [2.24, 2.45) is 0 Å². The molecule has 138 valence electrons. The fourth-order valence-corrected chi connectivity index (χ4v) is 2.70. The zero-order valence-corrected chi connectivity index (χ0v) is 15.7. The molecule has 1 aliphatic rings. The molecular weight excluding hydrogens is 346 g/mol. The number of methoxy groups -OCH3 is 1. The van der Waals surface area contributed by atoms with Crippen molar-refractivity contribution in [1.82, 2.24) is 4.90 Å². The van der Waals surface area contributed by atoms with Crippen LogP contribution in [0.5, 0.6) is 0 Å². The Balaban J connectivity index is 2.15. The van der Waals surface area contributed by atoms with Crippen molar-refractivity contribution in [3.63, 3.8) is 0 Å². The van der Waals surface area contributed by atoms with Gasteiger partial charge in [0, 0.05) is 5.02 Å². The van der Waals surface area contributed by atoms with Crippen molar-refractivity contribution in [2.45, 2.75) is 44.9 Å². The summed E-state index contributed by atoms with van der Waals surface area (Å²) in [6, 6.07) is 7.17. The first-order valence-corrected chi connectivity index (χ1v) is 8.51. The summed E-state index contributed by atoms with van der Waals surface area (Å²) in [5.74, 6) is -0.501. The summed E-state index contributed by atoms with van der Waals surface area (Å²) in [6.45, 7) is 5.73. The molecule has 2 rings (SSSR count). The number of morpholine rings is 1. The molecule has 0 spiro atoms. The lowest BCUT2D eigenvalue weighted by Gasteiger charge is -2.39. The highest BCUT2D eigenvalue weighted by Gasteiger charge is 2.38. The van der Waals surface area contributed by atoms with Gasteiger partial charge in [-0.2, -0.15) is 0 Å². The Hall–Kier alpha value is -1.79. The highest BCUT2D eigenvalue weighted by atomic mass is 35.5. The van der Waals surface area contributed by atoms with E-state index >= 15 is 0 Å². The van der Waals surface area contributed by atoms with Gasteiger partial charge in [-0.1, -0.05) is 23.7 Å². The van der Waals surface area contributed by atoms with Gasteiger partial charge in [-0.25, -0.2) is 9.59 Å². The number of hydrogen-bond acceptors (Lipinski definition) is 5. The van der Waals surface area contributed by atoms with Gasteiger partial charge in [0.2, 0.25) is 0 Å². The molecule has 2 atom stereocenters. The second kappa shape index (κ2) is 8.06. The molecule has 1 aromatic rings. The predicted molar refractivity (Wildman–Crippen MR) is 93.6 cm³/mol. The number of ether oxygens (including phenoxy) is 3. The summed E-state index contributed by atoms with van der Waals surface area (Å²) in [5.41, 5.74) is 0.393. The Bertz CT molecular complexity index is 611. The molecule has 1 amide bonds. The minimum absolute atomic E-state index is 0.0971. The normalized spacial score (nSPS) is 20.9. The second-order valence-electron chi connectivity index (χ2n) is 6.96. The Morgan fingerprint density at radius 2 is 1.92 bits per heavy atom. The highest BCUT2D eigenvalue weighted by molar-refractivity contribution is 6.30. The standard InChI is InChI=1S/C18H24ClNO5/c1-18(2,3)25-17(22)20-10-15(16(21)23-4)24-11-14(20)9-12-5-7-13(19)8-6-12/h5-8,14-15H,9-11H2,1-4H3/t14-,15?/m0/s1. The first-order chi connectivity index (χ1) is 11.7. The van der Waals surface area contributed by atoms with Gasteiger partial charge >= 0.3 is 12.1 Å². The van der Waals surface area contributed by atoms with E-state index in [0.717, 1.165) is 5.56 Å². The molecule has 0 radical (unpaired) electrons. The van der Waals surface area contributed by atoms with Gasteiger partial charge in [-0.3, -0.25) is 4.90 Å². The van der Waals surface area contributed by atoms with E-state index in [9.17, 15) is 9.59 Å². The van der Waals surface area contributed by atoms with Crippen LogP contribution in [0.3, 0.4) is 0 Å². The van der Waals surface area contributed by atoms with Gasteiger partial charge in [0.25, 0.3) is 0 Å². The van der Waals surface area contributed by atoms with Gasteiger partial charge < -0.3 is 14.2 Å². The molecule has 7 heteroatoms. The monoisotopic (exact) mass is 369 g/mol. The lowest BCUT2D eigenvalue weighted by atomic mass is 10.0. The quantitative estimate of drug-likeness (QED) is 0.766. The summed E-state index contributed by atoms with van der Waals surface area (Å²) < 4.78 is 15.8. The number of carbonyl (C=O) groups excluding carboxylic acids is 2. The van der Waals surface area contributed by atoms with E-state index in [4.69, 9.17) is 25.8 Å². The van der Waals surface area contributed by atoms with Gasteiger partial charge in [-0.15, -0.1) is 0 Å². The van der Waals surface area contributed by atoms with Crippen LogP contribution in [0.4, 0.5) is 4.79 Å². The molecule has 0 saturated carbocycles. The number of nitrogens with zero attached hydrogens (tertiary/aromatic N) is 1. The van der Waals surface area contributed by atoms with Crippen LogP contribution in [-0.4, -0.2) is 55.0 Å². The van der Waals surface area contributed by atoms with E-state index in [1.165, 1.54) is 7.11 Å². The Labute approximate surface area is 153 Å². The van der Waals surface area contributed by atoms with Gasteiger partial charge in [0.15, 0.2) is 6.10 Å². The highest BCUT2D eigenvalue weighted by Crippen LogP contribution is 2.21. The molecule has 1 heterocycles. The fraction of sp³-hybridized carbons (Fsp3) is 0.556. The number of rotatable bonds is 3. The van der Waals surface area contributed by atoms with Crippen LogP contribution in [0.2, 0.25) is 5.02 Å². The maximum absolute atomic E-state index is 12.6. The van der Waals surface area contributed by atoms with Crippen molar-refractivity contribution < 1.29 is 23.8 Å². The minimum Gasteiger partial charge on any atom is -0.467 e. The van der Waals surface area contributed by atoms with E-state index in [1.54, 1.807) is 37.8 Å². The van der Waals surface area contributed by atoms with Gasteiger partial charge in [-0.05, 0) is 44.9 Å². The van der Waals surface area contributed by atoms with Crippen molar-refractivity contribution >= 4 is 23.7 Å². The van der Waals surface area contributed by atoms with Crippen molar-refractivity contribution in [3.05, 3.63) is 34.9 Å². The number of hydrogen-bond donors (Lipinski definition) is 0. The van der Waals surface area contributed by atoms with E-state index in [1.807, 2.05) is 12.1 Å². The first-order valence-electron chi connectivity index (χ1n) is 8.13. The second-order valence-corrected chi connectivity index (χ2v) is 7.40. The molecule has 25 heavy (non-hydrogen) atoms. The molecule has 1 saturated heterocycles. The summed E-state index contributed by atoms with van der Waals surface area (Å²) in [4.78, 5) is 25.9. The van der Waals surface area contributed by atoms with Crippen molar-refractivity contribution in [1.29, 1.82) is 0 Å².